The van der Waals surface area contributed by atoms with Crippen LogP contribution in [0.15, 0.2) is 18.2 Å². The number of halogens is 3. The van der Waals surface area contributed by atoms with E-state index in [1.807, 2.05) is 25.7 Å². The summed E-state index contributed by atoms with van der Waals surface area (Å²) in [5.41, 5.74) is -1.81. The molecule has 2 rings (SSSR count). The lowest BCUT2D eigenvalue weighted by Gasteiger charge is -2.39. The largest absolute Gasteiger partial charge is 0.416 e. The second kappa shape index (κ2) is 7.94. The van der Waals surface area contributed by atoms with E-state index in [2.05, 4.69) is 5.32 Å². The summed E-state index contributed by atoms with van der Waals surface area (Å²) in [5.74, 6) is -0.110. The van der Waals surface area contributed by atoms with Gasteiger partial charge in [0.1, 0.15) is 5.69 Å². The molecule has 0 aliphatic carbocycles. The molecular formula is C18H25F3N4O3. The third-order valence-corrected chi connectivity index (χ3v) is 4.58. The van der Waals surface area contributed by atoms with Crippen molar-refractivity contribution in [3.05, 3.63) is 33.9 Å². The molecule has 1 aromatic carbocycles. The zero-order valence-electron chi connectivity index (χ0n) is 16.3. The van der Waals surface area contributed by atoms with Crippen molar-refractivity contribution < 1.29 is 22.9 Å². The summed E-state index contributed by atoms with van der Waals surface area (Å²) in [6.45, 7) is 9.14. The fraction of sp³-hybridized carbons (Fsp3) is 0.611. The molecule has 0 aromatic heterocycles. The summed E-state index contributed by atoms with van der Waals surface area (Å²) in [4.78, 5) is 26.4. The van der Waals surface area contributed by atoms with E-state index in [1.54, 1.807) is 11.8 Å². The highest BCUT2D eigenvalue weighted by molar-refractivity contribution is 5.82. The van der Waals surface area contributed by atoms with Crippen molar-refractivity contribution in [2.24, 2.45) is 0 Å². The van der Waals surface area contributed by atoms with Crippen molar-refractivity contribution in [2.75, 3.05) is 31.1 Å². The molecular weight excluding hydrogens is 377 g/mol. The Morgan fingerprint density at radius 1 is 1.18 bits per heavy atom. The molecule has 1 saturated heterocycles. The van der Waals surface area contributed by atoms with Crippen LogP contribution in [0.2, 0.25) is 0 Å². The maximum Gasteiger partial charge on any atom is 0.416 e. The number of alkyl halides is 3. The number of benzene rings is 1. The number of nitro groups is 1. The highest BCUT2D eigenvalue weighted by atomic mass is 19.4. The SMILES string of the molecule is CC(C(=O)NC(C)(C)C)N1CCN(c2ccc(C(F)(F)F)cc2[N+](=O)[O-])CC1. The number of hydrogen-bond donors (Lipinski definition) is 1. The molecule has 1 amide bonds. The first-order chi connectivity index (χ1) is 12.8. The minimum Gasteiger partial charge on any atom is -0.363 e. The molecule has 156 valence electrons. The third kappa shape index (κ3) is 5.34. The van der Waals surface area contributed by atoms with Crippen molar-refractivity contribution in [2.45, 2.75) is 45.5 Å². The maximum absolute atomic E-state index is 12.9. The molecule has 0 bridgehead atoms. The van der Waals surface area contributed by atoms with Crippen molar-refractivity contribution in [1.82, 2.24) is 10.2 Å². The van der Waals surface area contributed by atoms with Crippen LogP contribution in [-0.4, -0.2) is 53.5 Å². The summed E-state index contributed by atoms with van der Waals surface area (Å²) < 4.78 is 38.6. The number of carbonyl (C=O) groups is 1. The third-order valence-electron chi connectivity index (χ3n) is 4.58. The summed E-state index contributed by atoms with van der Waals surface area (Å²) in [7, 11) is 0. The molecule has 0 saturated carbocycles. The first-order valence-corrected chi connectivity index (χ1v) is 8.96. The van der Waals surface area contributed by atoms with Crippen LogP contribution < -0.4 is 10.2 Å². The van der Waals surface area contributed by atoms with Crippen molar-refractivity contribution in [3.63, 3.8) is 0 Å². The van der Waals surface area contributed by atoms with E-state index in [4.69, 9.17) is 0 Å². The Bertz CT molecular complexity index is 739. The Hall–Kier alpha value is -2.36. The van der Waals surface area contributed by atoms with E-state index in [0.717, 1.165) is 12.1 Å². The quantitative estimate of drug-likeness (QED) is 0.619. The van der Waals surface area contributed by atoms with Crippen molar-refractivity contribution >= 4 is 17.3 Å². The smallest absolute Gasteiger partial charge is 0.363 e. The lowest BCUT2D eigenvalue weighted by atomic mass is 10.1. The molecule has 10 heteroatoms. The highest BCUT2D eigenvalue weighted by Crippen LogP contribution is 2.36. The molecule has 1 heterocycles. The maximum atomic E-state index is 12.9. The van der Waals surface area contributed by atoms with E-state index in [1.165, 1.54) is 0 Å². The van der Waals surface area contributed by atoms with E-state index >= 15 is 0 Å². The van der Waals surface area contributed by atoms with Gasteiger partial charge < -0.3 is 10.2 Å². The van der Waals surface area contributed by atoms with Gasteiger partial charge in [0.05, 0.1) is 16.5 Å². The molecule has 1 unspecified atom stereocenters. The molecule has 1 atom stereocenters. The van der Waals surface area contributed by atoms with Crippen LogP contribution in [0.5, 0.6) is 0 Å². The Morgan fingerprint density at radius 3 is 2.21 bits per heavy atom. The fourth-order valence-corrected chi connectivity index (χ4v) is 3.10. The molecule has 1 N–H and O–H groups in total. The number of carbonyl (C=O) groups excluding carboxylic acids is 1. The Labute approximate surface area is 161 Å². The fourth-order valence-electron chi connectivity index (χ4n) is 3.10. The zero-order chi connectivity index (χ0) is 21.3. The van der Waals surface area contributed by atoms with Crippen LogP contribution in [0.4, 0.5) is 24.5 Å². The Morgan fingerprint density at radius 2 is 1.75 bits per heavy atom. The summed E-state index contributed by atoms with van der Waals surface area (Å²) in [6.07, 6.45) is -4.64. The molecule has 28 heavy (non-hydrogen) atoms. The number of nitro benzene ring substituents is 1. The number of anilines is 1. The van der Waals surface area contributed by atoms with Gasteiger partial charge in [-0.2, -0.15) is 13.2 Å². The monoisotopic (exact) mass is 402 g/mol. The van der Waals surface area contributed by atoms with Crippen LogP contribution in [-0.2, 0) is 11.0 Å². The second-order valence-corrected chi connectivity index (χ2v) is 7.90. The van der Waals surface area contributed by atoms with Gasteiger partial charge in [-0.05, 0) is 39.8 Å². The number of nitrogens with one attached hydrogen (secondary N) is 1. The van der Waals surface area contributed by atoms with Crippen LogP contribution in [0.3, 0.4) is 0 Å². The number of hydrogen-bond acceptors (Lipinski definition) is 5. The van der Waals surface area contributed by atoms with Crippen molar-refractivity contribution in [3.8, 4) is 0 Å². The second-order valence-electron chi connectivity index (χ2n) is 7.90. The summed E-state index contributed by atoms with van der Waals surface area (Å²) in [5, 5.41) is 14.2. The van der Waals surface area contributed by atoms with Crippen LogP contribution in [0.25, 0.3) is 0 Å². The van der Waals surface area contributed by atoms with Gasteiger partial charge in [0.15, 0.2) is 0 Å². The predicted molar refractivity (Wildman–Crippen MR) is 99.2 cm³/mol. The standard InChI is InChI=1S/C18H25F3N4O3/c1-12(16(26)22-17(2,3)4)23-7-9-24(10-8-23)14-6-5-13(18(19,20)21)11-15(14)25(27)28/h5-6,11-12H,7-10H2,1-4H3,(H,22,26). The van der Waals surface area contributed by atoms with Gasteiger partial charge in [0, 0.05) is 37.8 Å². The zero-order valence-corrected chi connectivity index (χ0v) is 16.3. The number of nitrogens with zero attached hydrogens (tertiary/aromatic N) is 3. The average Bonchev–Trinajstić information content (AvgIpc) is 2.58. The van der Waals surface area contributed by atoms with Crippen LogP contribution in [0, 0.1) is 10.1 Å². The van der Waals surface area contributed by atoms with E-state index in [9.17, 15) is 28.1 Å². The predicted octanol–water partition coefficient (Wildman–Crippen LogP) is 3.04. The minimum atomic E-state index is -4.64. The van der Waals surface area contributed by atoms with Gasteiger partial charge in [0.25, 0.3) is 5.69 Å². The molecule has 1 aromatic rings. The van der Waals surface area contributed by atoms with Crippen LogP contribution >= 0.6 is 0 Å². The van der Waals surface area contributed by atoms with Gasteiger partial charge in [-0.3, -0.25) is 19.8 Å². The Balaban J connectivity index is 2.11. The first kappa shape index (κ1) is 21.9. The lowest BCUT2D eigenvalue weighted by molar-refractivity contribution is -0.384. The van der Waals surface area contributed by atoms with Gasteiger partial charge in [-0.1, -0.05) is 0 Å². The first-order valence-electron chi connectivity index (χ1n) is 8.96. The molecule has 1 aliphatic rings. The van der Waals surface area contributed by atoms with Crippen LogP contribution in [0.1, 0.15) is 33.3 Å². The average molecular weight is 402 g/mol. The molecule has 0 spiro atoms. The number of amides is 1. The van der Waals surface area contributed by atoms with Gasteiger partial charge in [0.2, 0.25) is 5.91 Å². The van der Waals surface area contributed by atoms with E-state index < -0.39 is 22.4 Å². The number of rotatable bonds is 4. The minimum absolute atomic E-state index is 0.110. The Kier molecular flexibility index (Phi) is 6.22. The molecule has 1 fully saturated rings. The summed E-state index contributed by atoms with van der Waals surface area (Å²) in [6, 6.07) is 2.20. The van der Waals surface area contributed by atoms with E-state index in [-0.39, 0.29) is 23.2 Å². The molecule has 7 nitrogen and oxygen atoms in total. The van der Waals surface area contributed by atoms with Gasteiger partial charge >= 0.3 is 6.18 Å². The molecule has 0 radical (unpaired) electrons. The van der Waals surface area contributed by atoms with E-state index in [0.29, 0.717) is 32.2 Å². The van der Waals surface area contributed by atoms with Crippen molar-refractivity contribution in [1.29, 1.82) is 0 Å². The number of piperazine rings is 1. The summed E-state index contributed by atoms with van der Waals surface area (Å²) >= 11 is 0. The topological polar surface area (TPSA) is 78.7 Å². The normalized spacial score (nSPS) is 17.3. The lowest BCUT2D eigenvalue weighted by Crippen LogP contribution is -2.56. The molecule has 1 aliphatic heterocycles. The highest BCUT2D eigenvalue weighted by Gasteiger charge is 2.35. The van der Waals surface area contributed by atoms with Gasteiger partial charge in [-0.25, -0.2) is 0 Å². The van der Waals surface area contributed by atoms with Gasteiger partial charge in [-0.15, -0.1) is 0 Å².